The molecule has 0 bridgehead atoms. The van der Waals surface area contributed by atoms with Gasteiger partial charge >= 0.3 is 0 Å². The van der Waals surface area contributed by atoms with Crippen molar-refractivity contribution in [3.05, 3.63) is 112 Å². The van der Waals surface area contributed by atoms with Crippen LogP contribution in [0.2, 0.25) is 0 Å². The average molecular weight is 488 g/mol. The summed E-state index contributed by atoms with van der Waals surface area (Å²) in [6.45, 7) is 3.66. The van der Waals surface area contributed by atoms with E-state index in [4.69, 9.17) is 4.42 Å². The van der Waals surface area contributed by atoms with Crippen molar-refractivity contribution in [1.82, 2.24) is 15.1 Å². The van der Waals surface area contributed by atoms with Gasteiger partial charge in [-0.2, -0.15) is 5.10 Å². The number of carbonyl (C=O) groups excluding carboxylic acids is 1. The van der Waals surface area contributed by atoms with Crippen LogP contribution in [0, 0.1) is 5.82 Å². The maximum absolute atomic E-state index is 13.0. The molecule has 8 nitrogen and oxygen atoms in total. The van der Waals surface area contributed by atoms with Gasteiger partial charge in [0.25, 0.3) is 11.5 Å². The molecule has 2 aromatic heterocycles. The van der Waals surface area contributed by atoms with Gasteiger partial charge < -0.3 is 19.5 Å². The minimum Gasteiger partial charge on any atom is -0.454 e. The number of nitrogens with one attached hydrogen (secondary N) is 1. The number of carbonyl (C=O) groups is 1. The summed E-state index contributed by atoms with van der Waals surface area (Å²) in [7, 11) is 0. The number of nitrogens with zero attached hydrogens (tertiary/aromatic N) is 4. The first kappa shape index (κ1) is 23.3. The Labute approximate surface area is 207 Å². The zero-order valence-electron chi connectivity index (χ0n) is 19.6. The average Bonchev–Trinajstić information content (AvgIpc) is 3.39. The van der Waals surface area contributed by atoms with Crippen molar-refractivity contribution < 1.29 is 13.6 Å². The molecule has 1 aliphatic heterocycles. The summed E-state index contributed by atoms with van der Waals surface area (Å²) < 4.78 is 20.0. The summed E-state index contributed by atoms with van der Waals surface area (Å²) in [6.07, 6.45) is 0. The number of hydrogen-bond donors (Lipinski definition) is 1. The second kappa shape index (κ2) is 10.5. The molecule has 1 amide bonds. The molecule has 2 aromatic carbocycles. The van der Waals surface area contributed by atoms with Crippen molar-refractivity contribution >= 4 is 17.4 Å². The Kier molecular flexibility index (Phi) is 6.79. The highest BCUT2D eigenvalue weighted by Crippen LogP contribution is 2.18. The molecule has 0 saturated carbocycles. The lowest BCUT2D eigenvalue weighted by molar-refractivity contribution is 0.0921. The fourth-order valence-corrected chi connectivity index (χ4v) is 4.16. The van der Waals surface area contributed by atoms with Crippen LogP contribution in [0.5, 0.6) is 0 Å². The van der Waals surface area contributed by atoms with E-state index in [-0.39, 0.29) is 30.2 Å². The maximum Gasteiger partial charge on any atom is 0.287 e. The van der Waals surface area contributed by atoms with E-state index in [9.17, 15) is 14.0 Å². The lowest BCUT2D eigenvalue weighted by Gasteiger charge is -2.36. The lowest BCUT2D eigenvalue weighted by atomic mass is 10.2. The number of benzene rings is 2. The van der Waals surface area contributed by atoms with E-state index in [0.29, 0.717) is 5.76 Å². The fourth-order valence-electron chi connectivity index (χ4n) is 4.16. The smallest absolute Gasteiger partial charge is 0.287 e. The topological polar surface area (TPSA) is 83.6 Å². The molecule has 1 aliphatic rings. The van der Waals surface area contributed by atoms with Crippen molar-refractivity contribution in [2.75, 3.05) is 36.0 Å². The summed E-state index contributed by atoms with van der Waals surface area (Å²) in [6, 6.07) is 22.7. The number of piperazine rings is 1. The van der Waals surface area contributed by atoms with Crippen LogP contribution in [-0.4, -0.2) is 41.9 Å². The molecule has 36 heavy (non-hydrogen) atoms. The molecule has 0 aliphatic carbocycles. The summed E-state index contributed by atoms with van der Waals surface area (Å²) in [5.41, 5.74) is 1.72. The summed E-state index contributed by atoms with van der Waals surface area (Å²) >= 11 is 0. The van der Waals surface area contributed by atoms with Gasteiger partial charge in [0.05, 0.1) is 0 Å². The fraction of sp³-hybridized carbons (Fsp3) is 0.222. The zero-order valence-corrected chi connectivity index (χ0v) is 19.6. The van der Waals surface area contributed by atoms with Crippen LogP contribution >= 0.6 is 0 Å². The molecular formula is C27H26FN5O3. The molecule has 1 saturated heterocycles. The Balaban J connectivity index is 1.20. The van der Waals surface area contributed by atoms with Gasteiger partial charge in [-0.1, -0.05) is 30.3 Å². The molecule has 0 radical (unpaired) electrons. The summed E-state index contributed by atoms with van der Waals surface area (Å²) in [5.74, 6) is 0.584. The number of para-hydroxylation sites is 1. The number of anilines is 2. The first-order chi connectivity index (χ1) is 17.5. The van der Waals surface area contributed by atoms with Gasteiger partial charge in [-0.3, -0.25) is 9.59 Å². The van der Waals surface area contributed by atoms with Crippen molar-refractivity contribution in [1.29, 1.82) is 0 Å². The van der Waals surface area contributed by atoms with Crippen molar-refractivity contribution in [3.8, 4) is 0 Å². The van der Waals surface area contributed by atoms with Crippen LogP contribution in [0.3, 0.4) is 0 Å². The molecular weight excluding hydrogens is 461 g/mol. The monoisotopic (exact) mass is 487 g/mol. The van der Waals surface area contributed by atoms with E-state index < -0.39 is 5.91 Å². The molecule has 9 heteroatoms. The quantitative estimate of drug-likeness (QED) is 0.431. The third-order valence-electron chi connectivity index (χ3n) is 6.13. The lowest BCUT2D eigenvalue weighted by Crippen LogP contribution is -2.47. The molecule has 1 fully saturated rings. The second-order valence-electron chi connectivity index (χ2n) is 8.57. The highest BCUT2D eigenvalue weighted by molar-refractivity contribution is 5.91. The molecule has 5 rings (SSSR count). The Morgan fingerprint density at radius 2 is 1.61 bits per heavy atom. The van der Waals surface area contributed by atoms with Crippen LogP contribution < -0.4 is 20.7 Å². The molecule has 4 aromatic rings. The van der Waals surface area contributed by atoms with Gasteiger partial charge in [-0.15, -0.1) is 0 Å². The Hall–Kier alpha value is -4.40. The molecule has 3 heterocycles. The van der Waals surface area contributed by atoms with Crippen molar-refractivity contribution in [2.24, 2.45) is 0 Å². The molecule has 0 atom stereocenters. The predicted octanol–water partition coefficient (Wildman–Crippen LogP) is 3.28. The van der Waals surface area contributed by atoms with E-state index in [0.717, 1.165) is 37.6 Å². The largest absolute Gasteiger partial charge is 0.454 e. The van der Waals surface area contributed by atoms with E-state index in [1.54, 1.807) is 30.3 Å². The van der Waals surface area contributed by atoms with Crippen LogP contribution in [-0.2, 0) is 13.1 Å². The molecule has 0 spiro atoms. The Morgan fingerprint density at radius 3 is 2.36 bits per heavy atom. The van der Waals surface area contributed by atoms with Gasteiger partial charge in [0.1, 0.15) is 23.9 Å². The Bertz CT molecular complexity index is 1380. The molecule has 0 unspecified atom stereocenters. The van der Waals surface area contributed by atoms with Gasteiger partial charge in [-0.05, 0) is 48.0 Å². The van der Waals surface area contributed by atoms with E-state index >= 15 is 0 Å². The third kappa shape index (κ3) is 5.46. The number of halogens is 1. The maximum atomic E-state index is 13.0. The van der Waals surface area contributed by atoms with Crippen LogP contribution in [0.1, 0.15) is 21.9 Å². The molecule has 184 valence electrons. The Morgan fingerprint density at radius 1 is 0.889 bits per heavy atom. The first-order valence-electron chi connectivity index (χ1n) is 11.8. The second-order valence-corrected chi connectivity index (χ2v) is 8.57. The number of hydrogen-bond acceptors (Lipinski definition) is 6. The number of aromatic nitrogens is 2. The standard InChI is InChI=1S/C27H26FN5O3/c28-21-8-6-20(7-9-21)18-29-27(35)24-11-10-23(36-24)19-33-26(34)13-12-25(30-33)32-16-14-31(15-17-32)22-4-2-1-3-5-22/h1-13H,14-19H2,(H,29,35). The van der Waals surface area contributed by atoms with Crippen molar-refractivity contribution in [2.45, 2.75) is 13.1 Å². The van der Waals surface area contributed by atoms with Crippen LogP contribution in [0.15, 0.2) is 88.1 Å². The third-order valence-corrected chi connectivity index (χ3v) is 6.13. The summed E-state index contributed by atoms with van der Waals surface area (Å²) in [4.78, 5) is 29.4. The van der Waals surface area contributed by atoms with Gasteiger partial charge in [0, 0.05) is 44.5 Å². The van der Waals surface area contributed by atoms with Gasteiger partial charge in [-0.25, -0.2) is 9.07 Å². The van der Waals surface area contributed by atoms with Crippen LogP contribution in [0.25, 0.3) is 0 Å². The van der Waals surface area contributed by atoms with Gasteiger partial charge in [0.2, 0.25) is 0 Å². The predicted molar refractivity (Wildman–Crippen MR) is 135 cm³/mol. The highest BCUT2D eigenvalue weighted by Gasteiger charge is 2.19. The van der Waals surface area contributed by atoms with E-state index in [1.165, 1.54) is 28.6 Å². The normalized spacial score (nSPS) is 13.6. The highest BCUT2D eigenvalue weighted by atomic mass is 19.1. The SMILES string of the molecule is O=C(NCc1ccc(F)cc1)c1ccc(Cn2nc(N3CCN(c4ccccc4)CC3)ccc2=O)o1. The van der Waals surface area contributed by atoms with E-state index in [1.807, 2.05) is 18.2 Å². The van der Waals surface area contributed by atoms with Gasteiger partial charge in [0.15, 0.2) is 5.76 Å². The van der Waals surface area contributed by atoms with Crippen LogP contribution in [0.4, 0.5) is 15.9 Å². The molecule has 1 N–H and O–H groups in total. The number of amides is 1. The summed E-state index contributed by atoms with van der Waals surface area (Å²) in [5, 5.41) is 7.29. The first-order valence-corrected chi connectivity index (χ1v) is 11.8. The minimum atomic E-state index is -0.393. The number of rotatable bonds is 7. The minimum absolute atomic E-state index is 0.113. The zero-order chi connectivity index (χ0) is 24.9. The van der Waals surface area contributed by atoms with Crippen molar-refractivity contribution in [3.63, 3.8) is 0 Å². The van der Waals surface area contributed by atoms with E-state index in [2.05, 4.69) is 32.3 Å². The number of furan rings is 1.